The first-order valence-corrected chi connectivity index (χ1v) is 19.2. The van der Waals surface area contributed by atoms with Gasteiger partial charge in [-0.25, -0.2) is 0 Å². The van der Waals surface area contributed by atoms with E-state index >= 15 is 0 Å². The highest BCUT2D eigenvalue weighted by molar-refractivity contribution is 6.63. The molecule has 4 aromatic rings. The molecule has 0 spiro atoms. The number of rotatable bonds is 6. The predicted octanol–water partition coefficient (Wildman–Crippen LogP) is 11.3. The van der Waals surface area contributed by atoms with E-state index in [0.29, 0.717) is 11.1 Å². The summed E-state index contributed by atoms with van der Waals surface area (Å²) in [6.45, 7) is 21.2. The van der Waals surface area contributed by atoms with Gasteiger partial charge in [-0.05, 0) is 69.1 Å². The minimum Gasteiger partial charge on any atom is -0.496 e. The molecule has 238 valence electrons. The molecule has 2 unspecified atom stereocenters. The van der Waals surface area contributed by atoms with Crippen molar-refractivity contribution in [2.24, 2.45) is 0 Å². The third-order valence-corrected chi connectivity index (χ3v) is 14.2. The van der Waals surface area contributed by atoms with Gasteiger partial charge in [0.25, 0.3) is 0 Å². The van der Waals surface area contributed by atoms with Crippen molar-refractivity contribution in [1.82, 2.24) is 0 Å². The van der Waals surface area contributed by atoms with Crippen molar-refractivity contribution in [3.63, 3.8) is 0 Å². The second-order valence-corrected chi connectivity index (χ2v) is 18.5. The number of allylic oxidation sites excluding steroid dienone is 2. The molecule has 0 aliphatic heterocycles. The highest BCUT2D eigenvalue weighted by Crippen LogP contribution is 2.55. The van der Waals surface area contributed by atoms with Crippen LogP contribution in [0.4, 0.5) is 0 Å². The molecule has 0 heterocycles. The number of methoxy groups -OCH3 is 2. The summed E-state index contributed by atoms with van der Waals surface area (Å²) in [7, 11) is 2.12. The van der Waals surface area contributed by atoms with Crippen LogP contribution < -0.4 is 9.47 Å². The van der Waals surface area contributed by atoms with E-state index in [4.69, 9.17) is 9.47 Å². The average molecular weight is 627 g/mol. The predicted molar refractivity (Wildman–Crippen MR) is 200 cm³/mol. The van der Waals surface area contributed by atoms with E-state index in [-0.39, 0.29) is 10.8 Å². The first-order valence-electron chi connectivity index (χ1n) is 16.8. The Morgan fingerprint density at radius 2 is 0.913 bits per heavy atom. The van der Waals surface area contributed by atoms with Crippen molar-refractivity contribution >= 4 is 20.9 Å². The summed E-state index contributed by atoms with van der Waals surface area (Å²) in [5.74, 6) is 2.02. The summed E-state index contributed by atoms with van der Waals surface area (Å²) >= 11 is 0. The van der Waals surface area contributed by atoms with Gasteiger partial charge in [0, 0.05) is 22.3 Å². The molecule has 0 fully saturated rings. The number of fused-ring (bicyclic) bond motifs is 2. The van der Waals surface area contributed by atoms with Crippen molar-refractivity contribution in [1.29, 1.82) is 0 Å². The van der Waals surface area contributed by atoms with E-state index in [1.165, 1.54) is 66.8 Å². The lowest BCUT2D eigenvalue weighted by Gasteiger charge is -2.33. The molecule has 3 heteroatoms. The molecular formula is C43H50O2Si. The van der Waals surface area contributed by atoms with E-state index < -0.39 is 8.80 Å². The lowest BCUT2D eigenvalue weighted by molar-refractivity contribution is 0.399. The molecule has 2 atom stereocenters. The fourth-order valence-corrected chi connectivity index (χ4v) is 12.2. The van der Waals surface area contributed by atoms with Crippen molar-refractivity contribution in [2.75, 3.05) is 14.2 Å². The minimum atomic E-state index is -1.54. The van der Waals surface area contributed by atoms with Crippen LogP contribution in [0.15, 0.2) is 83.9 Å². The summed E-state index contributed by atoms with van der Waals surface area (Å²) in [4.78, 5) is 0. The highest BCUT2D eigenvalue weighted by atomic mass is 28.3. The third kappa shape index (κ3) is 5.27. The van der Waals surface area contributed by atoms with Crippen LogP contribution in [-0.4, -0.2) is 23.0 Å². The molecule has 0 N–H and O–H groups in total. The van der Waals surface area contributed by atoms with Crippen LogP contribution in [0.25, 0.3) is 34.4 Å². The second kappa shape index (κ2) is 11.8. The van der Waals surface area contributed by atoms with Crippen molar-refractivity contribution in [2.45, 2.75) is 83.8 Å². The Kier molecular flexibility index (Phi) is 8.21. The van der Waals surface area contributed by atoms with Crippen LogP contribution in [0.1, 0.15) is 99.9 Å². The SMILES string of the molecule is COc1c(C(C)(C)C)cc2c(c1-c1ccccc1)C=C(C)C2[SiH](C)C1C(C)=Cc2c1cc(C(C)(C)C)c(OC)c2-c1ccccc1. The molecule has 0 saturated carbocycles. The molecule has 2 nitrogen and oxygen atoms in total. The zero-order valence-electron chi connectivity index (χ0n) is 29.6. The van der Waals surface area contributed by atoms with Gasteiger partial charge in [0.2, 0.25) is 0 Å². The molecule has 2 aliphatic carbocycles. The zero-order chi connectivity index (χ0) is 33.1. The van der Waals surface area contributed by atoms with Gasteiger partial charge in [0.1, 0.15) is 11.5 Å². The van der Waals surface area contributed by atoms with Crippen LogP contribution in [-0.2, 0) is 10.8 Å². The van der Waals surface area contributed by atoms with Crippen LogP contribution in [0.3, 0.4) is 0 Å². The summed E-state index contributed by atoms with van der Waals surface area (Å²) in [6, 6.07) is 26.7. The number of hydrogen-bond acceptors (Lipinski definition) is 2. The van der Waals surface area contributed by atoms with Crippen LogP contribution in [0.5, 0.6) is 11.5 Å². The Labute approximate surface area is 278 Å². The molecule has 0 saturated heterocycles. The summed E-state index contributed by atoms with van der Waals surface area (Å²) in [5.41, 5.74) is 16.8. The van der Waals surface area contributed by atoms with Crippen LogP contribution >= 0.6 is 0 Å². The topological polar surface area (TPSA) is 18.5 Å². The quantitative estimate of drug-likeness (QED) is 0.198. The van der Waals surface area contributed by atoms with Crippen LogP contribution in [0, 0.1) is 0 Å². The van der Waals surface area contributed by atoms with Gasteiger partial charge in [-0.3, -0.25) is 0 Å². The van der Waals surface area contributed by atoms with Crippen molar-refractivity contribution in [3.05, 3.63) is 117 Å². The monoisotopic (exact) mass is 626 g/mol. The maximum Gasteiger partial charge on any atom is 0.131 e. The lowest BCUT2D eigenvalue weighted by Crippen LogP contribution is -2.29. The number of hydrogen-bond donors (Lipinski definition) is 0. The molecule has 6 rings (SSSR count). The Hall–Kier alpha value is -3.82. The van der Waals surface area contributed by atoms with Gasteiger partial charge in [-0.15, -0.1) is 0 Å². The van der Waals surface area contributed by atoms with Gasteiger partial charge in [0.05, 0.1) is 23.0 Å². The first kappa shape index (κ1) is 32.1. The largest absolute Gasteiger partial charge is 0.496 e. The highest BCUT2D eigenvalue weighted by Gasteiger charge is 2.42. The molecular weight excluding hydrogens is 577 g/mol. The standard InChI is InChI=1S/C43H50O2Si/c1-26-22-30-32(24-34(42(3,4)5)38(44-9)36(30)28-18-14-12-15-19-28)40(26)46(11)41-27(2)23-31-33(41)25-35(43(6,7)8)39(45-10)37(31)29-20-16-13-17-21-29/h12-25,40-41,46H,1-11H3. The fourth-order valence-electron chi connectivity index (χ4n) is 8.26. The number of benzene rings is 4. The Morgan fingerprint density at radius 3 is 1.22 bits per heavy atom. The maximum absolute atomic E-state index is 6.26. The van der Waals surface area contributed by atoms with Gasteiger partial charge in [-0.1, -0.05) is 144 Å². The normalized spacial score (nSPS) is 18.1. The second-order valence-electron chi connectivity index (χ2n) is 15.5. The van der Waals surface area contributed by atoms with Gasteiger partial charge in [0.15, 0.2) is 0 Å². The molecule has 0 bridgehead atoms. The molecule has 0 amide bonds. The summed E-state index contributed by atoms with van der Waals surface area (Å²) < 4.78 is 12.5. The number of ether oxygens (including phenoxy) is 2. The van der Waals surface area contributed by atoms with Gasteiger partial charge < -0.3 is 9.47 Å². The molecule has 0 radical (unpaired) electrons. The Balaban J connectivity index is 1.57. The lowest BCUT2D eigenvalue weighted by atomic mass is 9.81. The van der Waals surface area contributed by atoms with E-state index in [9.17, 15) is 0 Å². The smallest absolute Gasteiger partial charge is 0.131 e. The van der Waals surface area contributed by atoms with E-state index in [2.05, 4.69) is 147 Å². The fraction of sp³-hybridized carbons (Fsp3) is 0.349. The minimum absolute atomic E-state index is 0.0612. The Bertz CT molecular complexity index is 1710. The third-order valence-electron chi connectivity index (χ3n) is 10.3. The average Bonchev–Trinajstić information content (AvgIpc) is 3.53. The van der Waals surface area contributed by atoms with Gasteiger partial charge in [-0.2, -0.15) is 0 Å². The molecule has 4 aromatic carbocycles. The maximum atomic E-state index is 6.26. The molecule has 2 aliphatic rings. The van der Waals surface area contributed by atoms with Crippen molar-refractivity contribution < 1.29 is 9.47 Å². The van der Waals surface area contributed by atoms with E-state index in [1.54, 1.807) is 0 Å². The van der Waals surface area contributed by atoms with E-state index in [1.807, 2.05) is 14.2 Å². The van der Waals surface area contributed by atoms with Crippen molar-refractivity contribution in [3.8, 4) is 33.8 Å². The molecule has 0 aromatic heterocycles. The Morgan fingerprint density at radius 1 is 0.565 bits per heavy atom. The van der Waals surface area contributed by atoms with E-state index in [0.717, 1.165) is 11.5 Å². The zero-order valence-corrected chi connectivity index (χ0v) is 30.8. The summed E-state index contributed by atoms with van der Waals surface area (Å²) in [6.07, 6.45) is 4.94. The first-order chi connectivity index (χ1) is 21.8. The van der Waals surface area contributed by atoms with Gasteiger partial charge >= 0.3 is 0 Å². The summed E-state index contributed by atoms with van der Waals surface area (Å²) in [5, 5.41) is 0. The molecule has 46 heavy (non-hydrogen) atoms. The van der Waals surface area contributed by atoms with Crippen LogP contribution in [0.2, 0.25) is 6.55 Å².